The highest BCUT2D eigenvalue weighted by Gasteiger charge is 2.11. The van der Waals surface area contributed by atoms with Gasteiger partial charge in [-0.2, -0.15) is 0 Å². The summed E-state index contributed by atoms with van der Waals surface area (Å²) in [5.41, 5.74) is 0. The summed E-state index contributed by atoms with van der Waals surface area (Å²) >= 11 is 5.03. The molecule has 0 amide bonds. The number of rotatable bonds is 1. The molecule has 0 aromatic carbocycles. The Kier molecular flexibility index (Phi) is 2.37. The fourth-order valence-electron chi connectivity index (χ4n) is 0. The van der Waals surface area contributed by atoms with Gasteiger partial charge in [-0.1, -0.05) is 0 Å². The minimum absolute atomic E-state index is 0.992. The van der Waals surface area contributed by atoms with Gasteiger partial charge in [0.1, 0.15) is 4.71 Å². The molecule has 0 aliphatic rings. The summed E-state index contributed by atoms with van der Waals surface area (Å²) in [6.45, 7) is 1.30. The molecule has 0 radical (unpaired) electrons. The van der Waals surface area contributed by atoms with Crippen LogP contribution < -0.4 is 0 Å². The van der Waals surface area contributed by atoms with Crippen LogP contribution >= 0.6 is 22.3 Å². The first-order valence-corrected chi connectivity index (χ1v) is 4.33. The van der Waals surface area contributed by atoms with E-state index >= 15 is 0 Å². The Labute approximate surface area is 51.8 Å². The van der Waals surface area contributed by atoms with Crippen molar-refractivity contribution in [2.24, 2.45) is 0 Å². The van der Waals surface area contributed by atoms with Gasteiger partial charge < -0.3 is 0 Å². The molecule has 0 aliphatic heterocycles. The van der Waals surface area contributed by atoms with Crippen LogP contribution in [0.5, 0.6) is 0 Å². The van der Waals surface area contributed by atoms with Crippen molar-refractivity contribution in [2.45, 2.75) is 11.6 Å². The van der Waals surface area contributed by atoms with Crippen molar-refractivity contribution in [1.82, 2.24) is 0 Å². The van der Waals surface area contributed by atoms with Gasteiger partial charge in [-0.25, -0.2) is 8.42 Å². The monoisotopic (exact) mass is 162 g/mol. The quantitative estimate of drug-likeness (QED) is 0.429. The molecule has 0 unspecified atom stereocenters. The van der Waals surface area contributed by atoms with E-state index in [1.807, 2.05) is 0 Å². The van der Waals surface area contributed by atoms with Crippen LogP contribution in [0, 0.1) is 0 Å². The molecule has 0 N–H and O–H groups in total. The Hall–Kier alpha value is 0.530. The molecule has 0 aromatic rings. The second-order valence-corrected chi connectivity index (χ2v) is 4.88. The van der Waals surface area contributed by atoms with Crippen LogP contribution in [-0.2, 0) is 9.05 Å². The van der Waals surface area contributed by atoms with Crippen molar-refractivity contribution < 1.29 is 8.42 Å². The minimum atomic E-state index is -3.50. The van der Waals surface area contributed by atoms with Crippen LogP contribution in [0.15, 0.2) is 0 Å². The molecule has 1 atom stereocenters. The van der Waals surface area contributed by atoms with Crippen molar-refractivity contribution in [3.8, 4) is 0 Å². The first-order chi connectivity index (χ1) is 2.94. The van der Waals surface area contributed by atoms with Gasteiger partial charge in [0.05, 0.1) is 0 Å². The normalized spacial score (nSPS) is 16.4. The number of halogens is 2. The summed E-state index contributed by atoms with van der Waals surface area (Å²) < 4.78 is 18.9. The highest BCUT2D eigenvalue weighted by atomic mass is 35.7. The Bertz CT molecular complexity index is 136. The summed E-state index contributed by atoms with van der Waals surface area (Å²) in [4.78, 5) is 0. The summed E-state index contributed by atoms with van der Waals surface area (Å²) in [7, 11) is 1.21. The van der Waals surface area contributed by atoms with Crippen molar-refractivity contribution in [3.05, 3.63) is 0 Å². The van der Waals surface area contributed by atoms with Gasteiger partial charge in [-0.15, -0.1) is 11.6 Å². The summed E-state index contributed by atoms with van der Waals surface area (Å²) in [5, 5.41) is 0. The Balaban J connectivity index is 4.10. The molecule has 0 rings (SSSR count). The molecule has 0 fully saturated rings. The van der Waals surface area contributed by atoms with Gasteiger partial charge >= 0.3 is 0 Å². The Morgan fingerprint density at radius 1 is 1.57 bits per heavy atom. The van der Waals surface area contributed by atoms with Crippen LogP contribution in [0.25, 0.3) is 0 Å². The first-order valence-electron chi connectivity index (χ1n) is 1.52. The summed E-state index contributed by atoms with van der Waals surface area (Å²) in [6, 6.07) is 0. The molecule has 0 saturated heterocycles. The van der Waals surface area contributed by atoms with E-state index in [9.17, 15) is 8.42 Å². The Morgan fingerprint density at radius 3 is 1.71 bits per heavy atom. The zero-order valence-corrected chi connectivity index (χ0v) is 5.89. The van der Waals surface area contributed by atoms with Crippen molar-refractivity contribution in [3.63, 3.8) is 0 Å². The zero-order chi connectivity index (χ0) is 6.08. The Morgan fingerprint density at radius 2 is 1.71 bits per heavy atom. The average Bonchev–Trinajstić information content (AvgIpc) is 1.31. The zero-order valence-electron chi connectivity index (χ0n) is 3.56. The van der Waals surface area contributed by atoms with Crippen molar-refractivity contribution in [2.75, 3.05) is 0 Å². The molecular formula is C2H4Cl2O2S. The molecule has 0 aromatic heterocycles. The van der Waals surface area contributed by atoms with E-state index < -0.39 is 13.8 Å². The lowest BCUT2D eigenvalue weighted by atomic mass is 11.0. The standard InChI is InChI=1S/C2H4Cl2O2S/c1-2(3)7(4,5)6/h2H,1H3/t2-/m1/s1. The van der Waals surface area contributed by atoms with Crippen LogP contribution in [0.2, 0.25) is 0 Å². The van der Waals surface area contributed by atoms with E-state index in [1.165, 1.54) is 6.92 Å². The smallest absolute Gasteiger partial charge is 0.211 e. The fourth-order valence-corrected chi connectivity index (χ4v) is 0. The molecule has 0 spiro atoms. The predicted octanol–water partition coefficient (Wildman–Crippen LogP) is 1.14. The third-order valence-electron chi connectivity index (χ3n) is 0.388. The second-order valence-electron chi connectivity index (χ2n) is 1.02. The lowest BCUT2D eigenvalue weighted by Gasteiger charge is -1.90. The fraction of sp³-hybridized carbons (Fsp3) is 1.00. The van der Waals surface area contributed by atoms with Crippen molar-refractivity contribution in [1.29, 1.82) is 0 Å². The summed E-state index contributed by atoms with van der Waals surface area (Å²) in [5.74, 6) is 0. The molecular weight excluding hydrogens is 159 g/mol. The van der Waals surface area contributed by atoms with Gasteiger partial charge in [0.25, 0.3) is 0 Å². The van der Waals surface area contributed by atoms with Gasteiger partial charge in [-0.3, -0.25) is 0 Å². The molecule has 0 aliphatic carbocycles. The van der Waals surface area contributed by atoms with Gasteiger partial charge in [0, 0.05) is 10.7 Å². The molecule has 0 saturated carbocycles. The minimum Gasteiger partial charge on any atom is -0.211 e. The van der Waals surface area contributed by atoms with E-state index in [0.29, 0.717) is 0 Å². The second kappa shape index (κ2) is 2.20. The van der Waals surface area contributed by atoms with Crippen LogP contribution in [0.1, 0.15) is 6.92 Å². The molecule has 0 bridgehead atoms. The molecule has 44 valence electrons. The number of alkyl halides is 1. The topological polar surface area (TPSA) is 34.1 Å². The molecule has 5 heteroatoms. The third kappa shape index (κ3) is 3.14. The van der Waals surface area contributed by atoms with Gasteiger partial charge in [0.15, 0.2) is 0 Å². The highest BCUT2D eigenvalue weighted by molar-refractivity contribution is 8.15. The van der Waals surface area contributed by atoms with Crippen molar-refractivity contribution >= 4 is 31.3 Å². The van der Waals surface area contributed by atoms with E-state index in [1.54, 1.807) is 0 Å². The van der Waals surface area contributed by atoms with Crippen LogP contribution in [-0.4, -0.2) is 13.1 Å². The predicted molar refractivity (Wildman–Crippen MR) is 30.1 cm³/mol. The SMILES string of the molecule is C[C@H](Cl)S(=O)(=O)Cl. The lowest BCUT2D eigenvalue weighted by Crippen LogP contribution is -2.01. The van der Waals surface area contributed by atoms with Crippen LogP contribution in [0.4, 0.5) is 0 Å². The number of hydrogen-bond acceptors (Lipinski definition) is 2. The molecule has 0 heterocycles. The molecule has 2 nitrogen and oxygen atoms in total. The van der Waals surface area contributed by atoms with E-state index in [-0.39, 0.29) is 0 Å². The lowest BCUT2D eigenvalue weighted by molar-refractivity contribution is 0.608. The average molecular weight is 163 g/mol. The summed E-state index contributed by atoms with van der Waals surface area (Å²) in [6.07, 6.45) is 0. The highest BCUT2D eigenvalue weighted by Crippen LogP contribution is 2.08. The third-order valence-corrected chi connectivity index (χ3v) is 2.94. The maximum absolute atomic E-state index is 9.96. The number of hydrogen-bond donors (Lipinski definition) is 0. The van der Waals surface area contributed by atoms with E-state index in [2.05, 4.69) is 0 Å². The van der Waals surface area contributed by atoms with E-state index in [4.69, 9.17) is 22.3 Å². The largest absolute Gasteiger partial charge is 0.249 e. The first kappa shape index (κ1) is 7.53. The maximum Gasteiger partial charge on any atom is 0.249 e. The molecule has 7 heavy (non-hydrogen) atoms. The van der Waals surface area contributed by atoms with Gasteiger partial charge in [-0.05, 0) is 6.92 Å². The van der Waals surface area contributed by atoms with E-state index in [0.717, 1.165) is 0 Å². The maximum atomic E-state index is 9.96. The van der Waals surface area contributed by atoms with Crippen LogP contribution in [0.3, 0.4) is 0 Å². The van der Waals surface area contributed by atoms with Gasteiger partial charge in [0.2, 0.25) is 9.05 Å².